The van der Waals surface area contributed by atoms with Gasteiger partial charge in [-0.2, -0.15) is 0 Å². The zero-order valence-corrected chi connectivity index (χ0v) is 10.8. The summed E-state index contributed by atoms with van der Waals surface area (Å²) in [5, 5.41) is 3.27. The van der Waals surface area contributed by atoms with Crippen LogP contribution in [0.3, 0.4) is 0 Å². The third-order valence-corrected chi connectivity index (χ3v) is 2.54. The lowest BCUT2D eigenvalue weighted by Gasteiger charge is -2.10. The molecule has 0 aliphatic rings. The second kappa shape index (κ2) is 7.19. The predicted molar refractivity (Wildman–Crippen MR) is 67.3 cm³/mol. The molecular formula is C12H21N3O2. The van der Waals surface area contributed by atoms with Crippen LogP contribution in [0.2, 0.25) is 0 Å². The highest BCUT2D eigenvalue weighted by Gasteiger charge is 2.01. The summed E-state index contributed by atoms with van der Waals surface area (Å²) in [5.41, 5.74) is 0.797. The molecule has 17 heavy (non-hydrogen) atoms. The summed E-state index contributed by atoms with van der Waals surface area (Å²) >= 11 is 0. The Hall–Kier alpha value is -1.20. The molecule has 0 saturated heterocycles. The third kappa shape index (κ3) is 4.66. The number of nitrogens with one attached hydrogen (secondary N) is 1. The lowest BCUT2D eigenvalue weighted by Crippen LogP contribution is -2.29. The van der Waals surface area contributed by atoms with Gasteiger partial charge >= 0.3 is 0 Å². The molecule has 0 spiro atoms. The minimum atomic E-state index is 0.0219. The molecule has 1 N–H and O–H groups in total. The molecule has 5 heteroatoms. The molecule has 0 radical (unpaired) electrons. The molecular weight excluding hydrogens is 218 g/mol. The van der Waals surface area contributed by atoms with Gasteiger partial charge in [0.05, 0.1) is 0 Å². The number of hydrogen-bond acceptors (Lipinski definition) is 4. The molecule has 96 valence electrons. The SMILES string of the molecule is COCCCNCCn1c(C)nc(C)cc1=O. The first-order valence-corrected chi connectivity index (χ1v) is 5.90. The number of methoxy groups -OCH3 is 1. The Morgan fingerprint density at radius 3 is 2.82 bits per heavy atom. The first-order valence-electron chi connectivity index (χ1n) is 5.90. The molecule has 1 aromatic rings. The maximum absolute atomic E-state index is 11.7. The fourth-order valence-corrected chi connectivity index (χ4v) is 1.69. The van der Waals surface area contributed by atoms with E-state index in [0.29, 0.717) is 6.54 Å². The predicted octanol–water partition coefficient (Wildman–Crippen LogP) is 0.486. The second-order valence-electron chi connectivity index (χ2n) is 4.03. The molecule has 0 aliphatic carbocycles. The quantitative estimate of drug-likeness (QED) is 0.703. The van der Waals surface area contributed by atoms with Crippen LogP contribution >= 0.6 is 0 Å². The van der Waals surface area contributed by atoms with Gasteiger partial charge in [0.15, 0.2) is 0 Å². The van der Waals surface area contributed by atoms with Crippen LogP contribution in [0, 0.1) is 13.8 Å². The Kier molecular flexibility index (Phi) is 5.86. The van der Waals surface area contributed by atoms with E-state index in [2.05, 4.69) is 10.3 Å². The number of aromatic nitrogens is 2. The highest BCUT2D eigenvalue weighted by atomic mass is 16.5. The van der Waals surface area contributed by atoms with Crippen molar-refractivity contribution in [2.45, 2.75) is 26.8 Å². The maximum Gasteiger partial charge on any atom is 0.253 e. The van der Waals surface area contributed by atoms with Crippen LogP contribution in [0.25, 0.3) is 0 Å². The molecule has 0 fully saturated rings. The van der Waals surface area contributed by atoms with Crippen molar-refractivity contribution in [1.82, 2.24) is 14.9 Å². The summed E-state index contributed by atoms with van der Waals surface area (Å²) in [6.07, 6.45) is 0.983. The van der Waals surface area contributed by atoms with Crippen molar-refractivity contribution in [2.24, 2.45) is 0 Å². The minimum absolute atomic E-state index is 0.0219. The number of hydrogen-bond donors (Lipinski definition) is 1. The fraction of sp³-hybridized carbons (Fsp3) is 0.667. The van der Waals surface area contributed by atoms with Gasteiger partial charge in [0.2, 0.25) is 0 Å². The van der Waals surface area contributed by atoms with Gasteiger partial charge < -0.3 is 10.1 Å². The Balaban J connectivity index is 2.39. The average Bonchev–Trinajstić information content (AvgIpc) is 2.26. The Morgan fingerprint density at radius 1 is 1.41 bits per heavy atom. The standard InChI is InChI=1S/C12H21N3O2/c1-10-9-12(16)15(11(2)14-10)7-6-13-5-4-8-17-3/h9,13H,4-8H2,1-3H3. The highest BCUT2D eigenvalue weighted by Crippen LogP contribution is 1.92. The third-order valence-electron chi connectivity index (χ3n) is 2.54. The largest absolute Gasteiger partial charge is 0.385 e. The van der Waals surface area contributed by atoms with Gasteiger partial charge in [-0.25, -0.2) is 4.98 Å². The monoisotopic (exact) mass is 239 g/mol. The number of nitrogens with zero attached hydrogens (tertiary/aromatic N) is 2. The van der Waals surface area contributed by atoms with Crippen LogP contribution in [0.5, 0.6) is 0 Å². The zero-order valence-electron chi connectivity index (χ0n) is 10.8. The van der Waals surface area contributed by atoms with Crippen LogP contribution in [0.1, 0.15) is 17.9 Å². The van der Waals surface area contributed by atoms with E-state index in [-0.39, 0.29) is 5.56 Å². The molecule has 0 aliphatic heterocycles. The van der Waals surface area contributed by atoms with E-state index in [9.17, 15) is 4.79 Å². The second-order valence-corrected chi connectivity index (χ2v) is 4.03. The summed E-state index contributed by atoms with van der Waals surface area (Å²) in [6, 6.07) is 1.57. The van der Waals surface area contributed by atoms with Crippen LogP contribution in [-0.2, 0) is 11.3 Å². The Labute approximate surface area is 102 Å². The van der Waals surface area contributed by atoms with Crippen LogP contribution < -0.4 is 10.9 Å². The summed E-state index contributed by atoms with van der Waals surface area (Å²) in [7, 11) is 1.70. The first-order chi connectivity index (χ1) is 8.15. The molecule has 0 atom stereocenters. The van der Waals surface area contributed by atoms with Gasteiger partial charge in [-0.15, -0.1) is 0 Å². The smallest absolute Gasteiger partial charge is 0.253 e. The summed E-state index contributed by atoms with van der Waals surface area (Å²) < 4.78 is 6.64. The molecule has 0 amide bonds. The molecule has 0 unspecified atom stereocenters. The molecule has 0 aromatic carbocycles. The van der Waals surface area contributed by atoms with Gasteiger partial charge in [-0.1, -0.05) is 0 Å². The molecule has 0 saturated carbocycles. The van der Waals surface area contributed by atoms with Gasteiger partial charge in [-0.05, 0) is 26.8 Å². The maximum atomic E-state index is 11.7. The zero-order chi connectivity index (χ0) is 12.7. The van der Waals surface area contributed by atoms with E-state index in [1.807, 2.05) is 13.8 Å². The lowest BCUT2D eigenvalue weighted by atomic mass is 10.4. The van der Waals surface area contributed by atoms with Gasteiger partial charge in [-0.3, -0.25) is 9.36 Å². The summed E-state index contributed by atoms with van der Waals surface area (Å²) in [4.78, 5) is 16.0. The lowest BCUT2D eigenvalue weighted by molar-refractivity contribution is 0.194. The van der Waals surface area contributed by atoms with Crippen molar-refractivity contribution in [3.8, 4) is 0 Å². The van der Waals surface area contributed by atoms with Crippen molar-refractivity contribution >= 4 is 0 Å². The van der Waals surface area contributed by atoms with E-state index >= 15 is 0 Å². The van der Waals surface area contributed by atoms with Crippen LogP contribution in [0.15, 0.2) is 10.9 Å². The molecule has 1 rings (SSSR count). The minimum Gasteiger partial charge on any atom is -0.385 e. The highest BCUT2D eigenvalue weighted by molar-refractivity contribution is 5.01. The van der Waals surface area contributed by atoms with Crippen molar-refractivity contribution in [3.63, 3.8) is 0 Å². The summed E-state index contributed by atoms with van der Waals surface area (Å²) in [5.74, 6) is 0.772. The average molecular weight is 239 g/mol. The normalized spacial score (nSPS) is 10.8. The van der Waals surface area contributed by atoms with E-state index in [1.54, 1.807) is 17.7 Å². The van der Waals surface area contributed by atoms with E-state index in [0.717, 1.165) is 37.6 Å². The number of ether oxygens (including phenoxy) is 1. The van der Waals surface area contributed by atoms with Crippen molar-refractivity contribution in [2.75, 3.05) is 26.8 Å². The van der Waals surface area contributed by atoms with Gasteiger partial charge in [0.1, 0.15) is 5.82 Å². The topological polar surface area (TPSA) is 56.1 Å². The Bertz CT molecular complexity index is 401. The van der Waals surface area contributed by atoms with Crippen LogP contribution in [-0.4, -0.2) is 36.4 Å². The number of rotatable bonds is 7. The van der Waals surface area contributed by atoms with Crippen molar-refractivity contribution in [1.29, 1.82) is 0 Å². The van der Waals surface area contributed by atoms with Gasteiger partial charge in [0.25, 0.3) is 5.56 Å². The molecule has 1 heterocycles. The van der Waals surface area contributed by atoms with Crippen molar-refractivity contribution < 1.29 is 4.74 Å². The van der Waals surface area contributed by atoms with E-state index in [1.165, 1.54) is 0 Å². The molecule has 5 nitrogen and oxygen atoms in total. The first kappa shape index (κ1) is 13.9. The Morgan fingerprint density at radius 2 is 2.18 bits per heavy atom. The fourth-order valence-electron chi connectivity index (χ4n) is 1.69. The number of aryl methyl sites for hydroxylation is 2. The van der Waals surface area contributed by atoms with Gasteiger partial charge in [0, 0.05) is 38.6 Å². The van der Waals surface area contributed by atoms with Crippen molar-refractivity contribution in [3.05, 3.63) is 27.9 Å². The summed E-state index contributed by atoms with van der Waals surface area (Å²) in [6.45, 7) is 6.79. The molecule has 1 aromatic heterocycles. The van der Waals surface area contributed by atoms with E-state index in [4.69, 9.17) is 4.74 Å². The molecule has 0 bridgehead atoms. The van der Waals surface area contributed by atoms with Crippen LogP contribution in [0.4, 0.5) is 0 Å². The van der Waals surface area contributed by atoms with E-state index < -0.39 is 0 Å².